The lowest BCUT2D eigenvalue weighted by Crippen LogP contribution is -2.30. The first kappa shape index (κ1) is 12.6. The van der Waals surface area contributed by atoms with Crippen LogP contribution in [0.25, 0.3) is 0 Å². The van der Waals surface area contributed by atoms with Crippen LogP contribution in [0.15, 0.2) is 15.9 Å². The van der Waals surface area contributed by atoms with Crippen LogP contribution >= 0.6 is 27.3 Å². The Bertz CT molecular complexity index is 336. The van der Waals surface area contributed by atoms with E-state index in [0.29, 0.717) is 6.04 Å². The van der Waals surface area contributed by atoms with Gasteiger partial charge in [-0.1, -0.05) is 19.8 Å². The summed E-state index contributed by atoms with van der Waals surface area (Å²) < 4.78 is 1.22. The third-order valence-electron chi connectivity index (χ3n) is 3.83. The van der Waals surface area contributed by atoms with Gasteiger partial charge >= 0.3 is 0 Å². The second-order valence-corrected chi connectivity index (χ2v) is 7.47. The van der Waals surface area contributed by atoms with Crippen LogP contribution in [-0.2, 0) is 6.42 Å². The van der Waals surface area contributed by atoms with Crippen LogP contribution in [0.5, 0.6) is 0 Å². The summed E-state index contributed by atoms with van der Waals surface area (Å²) in [6.45, 7) is 2.30. The summed E-state index contributed by atoms with van der Waals surface area (Å²) in [6.07, 6.45) is 6.46. The molecule has 0 amide bonds. The van der Waals surface area contributed by atoms with Crippen molar-refractivity contribution in [3.8, 4) is 0 Å². The predicted molar refractivity (Wildman–Crippen MR) is 74.8 cm³/mol. The lowest BCUT2D eigenvalue weighted by Gasteiger charge is -2.18. The molecule has 90 valence electrons. The van der Waals surface area contributed by atoms with Crippen molar-refractivity contribution < 1.29 is 0 Å². The highest BCUT2D eigenvalue weighted by atomic mass is 79.9. The van der Waals surface area contributed by atoms with Crippen LogP contribution in [-0.4, -0.2) is 6.04 Å². The molecule has 16 heavy (non-hydrogen) atoms. The fourth-order valence-electron chi connectivity index (χ4n) is 2.73. The zero-order valence-electron chi connectivity index (χ0n) is 9.79. The zero-order chi connectivity index (χ0) is 11.5. The Kier molecular flexibility index (Phi) is 4.45. The van der Waals surface area contributed by atoms with E-state index in [4.69, 9.17) is 5.73 Å². The van der Waals surface area contributed by atoms with E-state index in [1.54, 1.807) is 0 Å². The summed E-state index contributed by atoms with van der Waals surface area (Å²) >= 11 is 5.32. The van der Waals surface area contributed by atoms with Crippen LogP contribution in [0.3, 0.4) is 0 Å². The zero-order valence-corrected chi connectivity index (χ0v) is 12.2. The van der Waals surface area contributed by atoms with Crippen molar-refractivity contribution in [2.24, 2.45) is 17.6 Å². The standard InChI is InChI=1S/C13H20BrNS/c1-2-9-3-4-10(7-9)12(15)8-11-5-6-13(14)16-11/h5-6,9-10,12H,2-4,7-8,15H2,1H3. The Morgan fingerprint density at radius 2 is 2.31 bits per heavy atom. The first-order valence-electron chi connectivity index (χ1n) is 6.18. The molecule has 1 aromatic rings. The van der Waals surface area contributed by atoms with Gasteiger partial charge in [-0.2, -0.15) is 0 Å². The Labute approximate surface area is 111 Å². The average Bonchev–Trinajstić information content (AvgIpc) is 2.87. The Hall–Kier alpha value is 0.140. The molecule has 1 aromatic heterocycles. The number of halogens is 1. The molecule has 1 aliphatic rings. The molecule has 2 N–H and O–H groups in total. The number of hydrogen-bond acceptors (Lipinski definition) is 2. The van der Waals surface area contributed by atoms with Crippen LogP contribution < -0.4 is 5.73 Å². The normalized spacial score (nSPS) is 27.2. The third kappa shape index (κ3) is 3.08. The molecule has 3 unspecified atom stereocenters. The van der Waals surface area contributed by atoms with Crippen molar-refractivity contribution in [1.82, 2.24) is 0 Å². The van der Waals surface area contributed by atoms with Gasteiger partial charge in [0.25, 0.3) is 0 Å². The molecule has 3 atom stereocenters. The largest absolute Gasteiger partial charge is 0.327 e. The molecule has 1 nitrogen and oxygen atoms in total. The van der Waals surface area contributed by atoms with E-state index in [1.165, 1.54) is 34.3 Å². The van der Waals surface area contributed by atoms with Crippen LogP contribution in [0.1, 0.15) is 37.5 Å². The maximum absolute atomic E-state index is 6.33. The number of nitrogens with two attached hydrogens (primary N) is 1. The van der Waals surface area contributed by atoms with E-state index >= 15 is 0 Å². The fraction of sp³-hybridized carbons (Fsp3) is 0.692. The minimum atomic E-state index is 0.363. The lowest BCUT2D eigenvalue weighted by atomic mass is 9.94. The molecule has 3 heteroatoms. The van der Waals surface area contributed by atoms with Gasteiger partial charge in [0, 0.05) is 10.9 Å². The van der Waals surface area contributed by atoms with E-state index in [2.05, 4.69) is 35.0 Å². The lowest BCUT2D eigenvalue weighted by molar-refractivity contribution is 0.406. The van der Waals surface area contributed by atoms with E-state index in [9.17, 15) is 0 Å². The molecular weight excluding hydrogens is 282 g/mol. The summed E-state index contributed by atoms with van der Waals surface area (Å²) in [5, 5.41) is 0. The summed E-state index contributed by atoms with van der Waals surface area (Å²) in [4.78, 5) is 1.42. The van der Waals surface area contributed by atoms with E-state index in [-0.39, 0.29) is 0 Å². The van der Waals surface area contributed by atoms with Crippen LogP contribution in [0.4, 0.5) is 0 Å². The molecule has 0 radical (unpaired) electrons. The third-order valence-corrected chi connectivity index (χ3v) is 5.48. The van der Waals surface area contributed by atoms with Crippen molar-refractivity contribution in [1.29, 1.82) is 0 Å². The average molecular weight is 302 g/mol. The molecule has 1 aliphatic carbocycles. The predicted octanol–water partition coefficient (Wildman–Crippen LogP) is 4.21. The summed E-state index contributed by atoms with van der Waals surface area (Å²) in [6, 6.07) is 4.68. The minimum absolute atomic E-state index is 0.363. The number of hydrogen-bond donors (Lipinski definition) is 1. The molecule has 1 fully saturated rings. The number of thiophene rings is 1. The Morgan fingerprint density at radius 3 is 2.88 bits per heavy atom. The summed E-state index contributed by atoms with van der Waals surface area (Å²) in [7, 11) is 0. The van der Waals surface area contributed by atoms with E-state index < -0.39 is 0 Å². The molecule has 2 rings (SSSR count). The van der Waals surface area contributed by atoms with Gasteiger partial charge in [-0.25, -0.2) is 0 Å². The van der Waals surface area contributed by atoms with Gasteiger partial charge in [-0.15, -0.1) is 11.3 Å². The highest BCUT2D eigenvalue weighted by molar-refractivity contribution is 9.11. The number of rotatable bonds is 4. The van der Waals surface area contributed by atoms with Gasteiger partial charge in [-0.05, 0) is 59.2 Å². The van der Waals surface area contributed by atoms with Gasteiger partial charge < -0.3 is 5.73 Å². The molecule has 1 heterocycles. The fourth-order valence-corrected chi connectivity index (χ4v) is 4.29. The van der Waals surface area contributed by atoms with E-state index in [1.807, 2.05) is 11.3 Å². The van der Waals surface area contributed by atoms with Crippen molar-refractivity contribution in [3.05, 3.63) is 20.8 Å². The smallest absolute Gasteiger partial charge is 0.0701 e. The summed E-state index contributed by atoms with van der Waals surface area (Å²) in [5.41, 5.74) is 6.33. The highest BCUT2D eigenvalue weighted by Gasteiger charge is 2.28. The van der Waals surface area contributed by atoms with Crippen LogP contribution in [0, 0.1) is 11.8 Å². The van der Waals surface area contributed by atoms with Gasteiger partial charge in [0.1, 0.15) is 0 Å². The maximum Gasteiger partial charge on any atom is 0.0701 e. The van der Waals surface area contributed by atoms with E-state index in [0.717, 1.165) is 18.3 Å². The van der Waals surface area contributed by atoms with Gasteiger partial charge in [0.15, 0.2) is 0 Å². The summed E-state index contributed by atoms with van der Waals surface area (Å²) in [5.74, 6) is 1.69. The van der Waals surface area contributed by atoms with Crippen LogP contribution in [0.2, 0.25) is 0 Å². The quantitative estimate of drug-likeness (QED) is 0.886. The monoisotopic (exact) mass is 301 g/mol. The Balaban J connectivity index is 1.86. The SMILES string of the molecule is CCC1CCC(C(N)Cc2ccc(Br)s2)C1. The first-order valence-corrected chi connectivity index (χ1v) is 7.79. The maximum atomic E-state index is 6.33. The molecule has 0 aliphatic heterocycles. The van der Waals surface area contributed by atoms with Crippen molar-refractivity contribution >= 4 is 27.3 Å². The highest BCUT2D eigenvalue weighted by Crippen LogP contribution is 2.35. The second kappa shape index (κ2) is 5.65. The molecule has 0 bridgehead atoms. The first-order chi connectivity index (χ1) is 7.69. The van der Waals surface area contributed by atoms with Gasteiger partial charge in [-0.3, -0.25) is 0 Å². The van der Waals surface area contributed by atoms with Gasteiger partial charge in [0.2, 0.25) is 0 Å². The molecule has 0 aromatic carbocycles. The minimum Gasteiger partial charge on any atom is -0.327 e. The topological polar surface area (TPSA) is 26.0 Å². The van der Waals surface area contributed by atoms with Crippen molar-refractivity contribution in [2.45, 2.75) is 45.1 Å². The molecule has 0 spiro atoms. The molecule has 0 saturated heterocycles. The van der Waals surface area contributed by atoms with Gasteiger partial charge in [0.05, 0.1) is 3.79 Å². The second-order valence-electron chi connectivity index (χ2n) is 4.92. The molecule has 1 saturated carbocycles. The Morgan fingerprint density at radius 1 is 1.50 bits per heavy atom. The van der Waals surface area contributed by atoms with Crippen molar-refractivity contribution in [3.63, 3.8) is 0 Å². The van der Waals surface area contributed by atoms with Crippen molar-refractivity contribution in [2.75, 3.05) is 0 Å². The molecular formula is C13H20BrNS.